The normalized spacial score (nSPS) is 21.2. The molecule has 0 bridgehead atoms. The molecular weight excluding hydrogens is 236 g/mol. The Morgan fingerprint density at radius 1 is 1.21 bits per heavy atom. The van der Waals surface area contributed by atoms with Gasteiger partial charge in [-0.05, 0) is 44.9 Å². The summed E-state index contributed by atoms with van der Waals surface area (Å²) in [7, 11) is 0. The molecule has 1 atom stereocenters. The van der Waals surface area contributed by atoms with Gasteiger partial charge in [0.1, 0.15) is 0 Å². The Labute approximate surface area is 116 Å². The van der Waals surface area contributed by atoms with E-state index < -0.39 is 0 Å². The molecule has 0 radical (unpaired) electrons. The summed E-state index contributed by atoms with van der Waals surface area (Å²) in [6, 6.07) is 4.33. The average Bonchev–Trinajstić information content (AvgIpc) is 2.32. The van der Waals surface area contributed by atoms with Crippen molar-refractivity contribution in [2.75, 3.05) is 24.5 Å². The largest absolute Gasteiger partial charge is 0.316 e. The molecule has 3 heteroatoms. The Kier molecular flexibility index (Phi) is 4.25. The summed E-state index contributed by atoms with van der Waals surface area (Å²) >= 11 is 0. The number of rotatable bonds is 1. The van der Waals surface area contributed by atoms with E-state index in [2.05, 4.69) is 38.2 Å². The first kappa shape index (κ1) is 14.1. The van der Waals surface area contributed by atoms with Crippen molar-refractivity contribution in [1.82, 2.24) is 5.32 Å². The maximum atomic E-state index is 12.6. The molecule has 0 aromatic heterocycles. The molecule has 2 rings (SSSR count). The summed E-state index contributed by atoms with van der Waals surface area (Å²) in [5, 5.41) is 3.33. The molecule has 1 unspecified atom stereocenters. The number of hydrogen-bond acceptors (Lipinski definition) is 2. The Hall–Kier alpha value is -1.35. The fourth-order valence-electron chi connectivity index (χ4n) is 2.96. The summed E-state index contributed by atoms with van der Waals surface area (Å²) in [4.78, 5) is 14.6. The average molecular weight is 260 g/mol. The number of nitrogens with zero attached hydrogens (tertiary/aromatic N) is 1. The van der Waals surface area contributed by atoms with E-state index in [-0.39, 0.29) is 11.8 Å². The molecular formula is C16H24N2O. The van der Waals surface area contributed by atoms with Crippen LogP contribution in [0.2, 0.25) is 0 Å². The topological polar surface area (TPSA) is 32.3 Å². The second-order valence-electron chi connectivity index (χ2n) is 5.70. The highest BCUT2D eigenvalue weighted by Crippen LogP contribution is 2.28. The van der Waals surface area contributed by atoms with Gasteiger partial charge >= 0.3 is 0 Å². The number of aryl methyl sites for hydroxylation is 3. The maximum absolute atomic E-state index is 12.6. The number of hydrogen-bond donors (Lipinski definition) is 1. The van der Waals surface area contributed by atoms with E-state index in [4.69, 9.17) is 0 Å². The minimum Gasteiger partial charge on any atom is -0.316 e. The van der Waals surface area contributed by atoms with Crippen molar-refractivity contribution in [3.8, 4) is 0 Å². The number of carbonyl (C=O) groups is 1. The molecule has 1 amide bonds. The molecule has 3 nitrogen and oxygen atoms in total. The lowest BCUT2D eigenvalue weighted by atomic mass is 10.0. The van der Waals surface area contributed by atoms with Crippen LogP contribution in [0.25, 0.3) is 0 Å². The highest BCUT2D eigenvalue weighted by molar-refractivity contribution is 5.96. The molecule has 1 aliphatic heterocycles. The van der Waals surface area contributed by atoms with Crippen molar-refractivity contribution in [1.29, 1.82) is 0 Å². The third-order valence-corrected chi connectivity index (χ3v) is 3.78. The Morgan fingerprint density at radius 3 is 2.47 bits per heavy atom. The molecule has 1 fully saturated rings. The van der Waals surface area contributed by atoms with Gasteiger partial charge in [-0.1, -0.05) is 24.6 Å². The zero-order valence-electron chi connectivity index (χ0n) is 12.4. The SMILES string of the molecule is Cc1cc(C)c(N2CCCNCC(C)C2=O)c(C)c1. The Bertz CT molecular complexity index is 459. The zero-order valence-corrected chi connectivity index (χ0v) is 12.4. The summed E-state index contributed by atoms with van der Waals surface area (Å²) < 4.78 is 0. The number of amides is 1. The van der Waals surface area contributed by atoms with Gasteiger partial charge in [0, 0.05) is 24.7 Å². The highest BCUT2D eigenvalue weighted by Gasteiger charge is 2.25. The van der Waals surface area contributed by atoms with Crippen LogP contribution in [0, 0.1) is 26.7 Å². The molecule has 1 heterocycles. The number of nitrogens with one attached hydrogen (secondary N) is 1. The molecule has 1 aliphatic rings. The number of carbonyl (C=O) groups excluding carboxylic acids is 1. The minimum absolute atomic E-state index is 0.0420. The Morgan fingerprint density at radius 2 is 1.84 bits per heavy atom. The van der Waals surface area contributed by atoms with E-state index in [0.29, 0.717) is 0 Å². The second kappa shape index (κ2) is 5.74. The quantitative estimate of drug-likeness (QED) is 0.841. The van der Waals surface area contributed by atoms with Gasteiger partial charge in [-0.25, -0.2) is 0 Å². The zero-order chi connectivity index (χ0) is 14.0. The van der Waals surface area contributed by atoms with Crippen LogP contribution in [0.3, 0.4) is 0 Å². The third-order valence-electron chi connectivity index (χ3n) is 3.78. The number of anilines is 1. The van der Waals surface area contributed by atoms with Crippen molar-refractivity contribution >= 4 is 11.6 Å². The van der Waals surface area contributed by atoms with E-state index in [1.165, 1.54) is 16.7 Å². The van der Waals surface area contributed by atoms with Crippen molar-refractivity contribution in [2.24, 2.45) is 5.92 Å². The van der Waals surface area contributed by atoms with E-state index in [0.717, 1.165) is 31.7 Å². The van der Waals surface area contributed by atoms with Crippen molar-refractivity contribution < 1.29 is 4.79 Å². The monoisotopic (exact) mass is 260 g/mol. The highest BCUT2D eigenvalue weighted by atomic mass is 16.2. The summed E-state index contributed by atoms with van der Waals surface area (Å²) in [5.41, 5.74) is 4.77. The van der Waals surface area contributed by atoms with Gasteiger partial charge in [0.2, 0.25) is 5.91 Å². The van der Waals surface area contributed by atoms with Crippen molar-refractivity contribution in [3.05, 3.63) is 28.8 Å². The predicted molar refractivity (Wildman–Crippen MR) is 79.7 cm³/mol. The summed E-state index contributed by atoms with van der Waals surface area (Å²) in [6.07, 6.45) is 1.01. The van der Waals surface area contributed by atoms with Crippen LogP contribution in [0.4, 0.5) is 5.69 Å². The van der Waals surface area contributed by atoms with E-state index in [1.54, 1.807) is 0 Å². The van der Waals surface area contributed by atoms with Crippen LogP contribution in [0.5, 0.6) is 0 Å². The fourth-order valence-corrected chi connectivity index (χ4v) is 2.96. The smallest absolute Gasteiger partial charge is 0.231 e. The van der Waals surface area contributed by atoms with Gasteiger partial charge in [-0.15, -0.1) is 0 Å². The first-order valence-electron chi connectivity index (χ1n) is 7.10. The standard InChI is InChI=1S/C16H24N2O/c1-11-8-12(2)15(13(3)9-11)18-7-5-6-17-10-14(4)16(18)19/h8-9,14,17H,5-7,10H2,1-4H3. The molecule has 1 N–H and O–H groups in total. The molecule has 1 aromatic carbocycles. The van der Waals surface area contributed by atoms with Crippen LogP contribution in [-0.2, 0) is 4.79 Å². The van der Waals surface area contributed by atoms with Gasteiger partial charge in [-0.3, -0.25) is 4.79 Å². The van der Waals surface area contributed by atoms with Gasteiger partial charge in [0.25, 0.3) is 0 Å². The lowest BCUT2D eigenvalue weighted by Gasteiger charge is -2.31. The van der Waals surface area contributed by atoms with Crippen LogP contribution in [0.15, 0.2) is 12.1 Å². The first-order valence-corrected chi connectivity index (χ1v) is 7.10. The van der Waals surface area contributed by atoms with E-state index in [1.807, 2.05) is 11.8 Å². The maximum Gasteiger partial charge on any atom is 0.231 e. The van der Waals surface area contributed by atoms with Crippen LogP contribution >= 0.6 is 0 Å². The molecule has 0 aliphatic carbocycles. The number of benzene rings is 1. The summed E-state index contributed by atoms with van der Waals surface area (Å²) in [6.45, 7) is 10.9. The molecule has 0 saturated carbocycles. The van der Waals surface area contributed by atoms with Crippen LogP contribution in [0.1, 0.15) is 30.0 Å². The molecule has 1 aromatic rings. The van der Waals surface area contributed by atoms with Crippen molar-refractivity contribution in [2.45, 2.75) is 34.1 Å². The third kappa shape index (κ3) is 2.98. The van der Waals surface area contributed by atoms with E-state index in [9.17, 15) is 4.79 Å². The Balaban J connectivity index is 2.40. The fraction of sp³-hybridized carbons (Fsp3) is 0.562. The van der Waals surface area contributed by atoms with Gasteiger partial charge < -0.3 is 10.2 Å². The predicted octanol–water partition coefficient (Wildman–Crippen LogP) is 2.57. The lowest BCUT2D eigenvalue weighted by molar-refractivity contribution is -0.122. The first-order chi connectivity index (χ1) is 9.00. The van der Waals surface area contributed by atoms with Gasteiger partial charge in [-0.2, -0.15) is 0 Å². The van der Waals surface area contributed by atoms with Crippen LogP contribution < -0.4 is 10.2 Å². The van der Waals surface area contributed by atoms with Gasteiger partial charge in [0.05, 0.1) is 0 Å². The van der Waals surface area contributed by atoms with Crippen LogP contribution in [-0.4, -0.2) is 25.5 Å². The molecule has 1 saturated heterocycles. The minimum atomic E-state index is 0.0420. The molecule has 104 valence electrons. The lowest BCUT2D eigenvalue weighted by Crippen LogP contribution is -2.44. The molecule has 0 spiro atoms. The molecule has 19 heavy (non-hydrogen) atoms. The van der Waals surface area contributed by atoms with Crippen molar-refractivity contribution in [3.63, 3.8) is 0 Å². The van der Waals surface area contributed by atoms with Gasteiger partial charge in [0.15, 0.2) is 0 Å². The summed E-state index contributed by atoms with van der Waals surface area (Å²) in [5.74, 6) is 0.280. The van der Waals surface area contributed by atoms with E-state index >= 15 is 0 Å². The second-order valence-corrected chi connectivity index (χ2v) is 5.70.